The largest absolute Gasteiger partial charge is 0.355 e. The van der Waals surface area contributed by atoms with Gasteiger partial charge in [0.05, 0.1) is 6.54 Å². The second kappa shape index (κ2) is 6.24. The van der Waals surface area contributed by atoms with Crippen molar-refractivity contribution in [1.82, 2.24) is 10.6 Å². The first-order valence-corrected chi connectivity index (χ1v) is 6.84. The van der Waals surface area contributed by atoms with Crippen LogP contribution in [0.5, 0.6) is 0 Å². The Labute approximate surface area is 98.4 Å². The van der Waals surface area contributed by atoms with Gasteiger partial charge in [0.15, 0.2) is 0 Å². The van der Waals surface area contributed by atoms with Gasteiger partial charge >= 0.3 is 0 Å². The summed E-state index contributed by atoms with van der Waals surface area (Å²) < 4.78 is 0. The van der Waals surface area contributed by atoms with Gasteiger partial charge in [-0.15, -0.1) is 0 Å². The zero-order valence-electron chi connectivity index (χ0n) is 10.1. The molecule has 3 nitrogen and oxygen atoms in total. The molecule has 2 saturated carbocycles. The summed E-state index contributed by atoms with van der Waals surface area (Å²) in [6.45, 7) is 1.41. The molecule has 0 aromatic rings. The molecular weight excluding hydrogens is 200 g/mol. The third kappa shape index (κ3) is 4.52. The van der Waals surface area contributed by atoms with Crippen LogP contribution in [0.3, 0.4) is 0 Å². The summed E-state index contributed by atoms with van der Waals surface area (Å²) >= 11 is 0. The summed E-state index contributed by atoms with van der Waals surface area (Å²) in [6, 6.07) is 0.578. The van der Waals surface area contributed by atoms with Gasteiger partial charge < -0.3 is 10.6 Å². The van der Waals surface area contributed by atoms with E-state index in [0.717, 1.165) is 12.5 Å². The first kappa shape index (κ1) is 11.9. The molecule has 0 unspecified atom stereocenters. The Kier molecular flexibility index (Phi) is 4.64. The van der Waals surface area contributed by atoms with Crippen LogP contribution in [-0.4, -0.2) is 25.0 Å². The molecule has 0 aromatic heterocycles. The first-order chi connectivity index (χ1) is 7.84. The topological polar surface area (TPSA) is 41.1 Å². The molecule has 3 heteroatoms. The molecule has 0 aliphatic heterocycles. The fourth-order valence-corrected chi connectivity index (χ4v) is 2.36. The molecule has 0 saturated heterocycles. The van der Waals surface area contributed by atoms with Gasteiger partial charge in [0.1, 0.15) is 0 Å². The molecule has 2 aliphatic carbocycles. The van der Waals surface area contributed by atoms with Crippen LogP contribution in [0.25, 0.3) is 0 Å². The van der Waals surface area contributed by atoms with Crippen LogP contribution in [0.1, 0.15) is 51.4 Å². The Morgan fingerprint density at radius 1 is 1.00 bits per heavy atom. The van der Waals surface area contributed by atoms with Crippen molar-refractivity contribution in [3.8, 4) is 0 Å². The highest BCUT2D eigenvalue weighted by Gasteiger charge is 2.21. The summed E-state index contributed by atoms with van der Waals surface area (Å²) in [6.07, 6.45) is 10.5. The van der Waals surface area contributed by atoms with Crippen molar-refractivity contribution in [1.29, 1.82) is 0 Å². The lowest BCUT2D eigenvalue weighted by Crippen LogP contribution is -2.39. The molecule has 2 rings (SSSR count). The molecule has 2 N–H and O–H groups in total. The Hall–Kier alpha value is -0.570. The number of nitrogens with one attached hydrogen (secondary N) is 2. The second-order valence-corrected chi connectivity index (χ2v) is 5.32. The highest BCUT2D eigenvalue weighted by atomic mass is 16.1. The van der Waals surface area contributed by atoms with Gasteiger partial charge in [0, 0.05) is 12.6 Å². The lowest BCUT2D eigenvalue weighted by Gasteiger charge is -2.15. The fourth-order valence-electron chi connectivity index (χ4n) is 2.36. The summed E-state index contributed by atoms with van der Waals surface area (Å²) in [5.41, 5.74) is 0. The number of carbonyl (C=O) groups excluding carboxylic acids is 1. The summed E-state index contributed by atoms with van der Waals surface area (Å²) in [5, 5.41) is 6.39. The lowest BCUT2D eigenvalue weighted by atomic mass is 10.1. The van der Waals surface area contributed by atoms with Gasteiger partial charge in [-0.2, -0.15) is 0 Å². The quantitative estimate of drug-likeness (QED) is 0.699. The Morgan fingerprint density at radius 3 is 2.31 bits per heavy atom. The summed E-state index contributed by atoms with van der Waals surface area (Å²) in [5.74, 6) is 0.956. The zero-order valence-corrected chi connectivity index (χ0v) is 10.1. The van der Waals surface area contributed by atoms with Crippen molar-refractivity contribution in [2.45, 2.75) is 57.4 Å². The normalized spacial score (nSPS) is 22.8. The van der Waals surface area contributed by atoms with Crippen LogP contribution in [0.4, 0.5) is 0 Å². The van der Waals surface area contributed by atoms with E-state index in [-0.39, 0.29) is 5.91 Å². The average Bonchev–Trinajstić information content (AvgIpc) is 3.10. The van der Waals surface area contributed by atoms with E-state index in [2.05, 4.69) is 10.6 Å². The van der Waals surface area contributed by atoms with Gasteiger partial charge in [-0.05, 0) is 31.6 Å². The van der Waals surface area contributed by atoms with Crippen LogP contribution >= 0.6 is 0 Å². The molecule has 0 bridgehead atoms. The van der Waals surface area contributed by atoms with Crippen LogP contribution in [0.15, 0.2) is 0 Å². The van der Waals surface area contributed by atoms with E-state index in [1.807, 2.05) is 0 Å². The van der Waals surface area contributed by atoms with Gasteiger partial charge in [0.25, 0.3) is 0 Å². The molecule has 0 heterocycles. The van der Waals surface area contributed by atoms with E-state index in [0.29, 0.717) is 12.6 Å². The summed E-state index contributed by atoms with van der Waals surface area (Å²) in [4.78, 5) is 11.5. The molecule has 2 aliphatic rings. The van der Waals surface area contributed by atoms with E-state index in [9.17, 15) is 4.79 Å². The number of hydrogen-bond acceptors (Lipinski definition) is 2. The van der Waals surface area contributed by atoms with Gasteiger partial charge in [0.2, 0.25) is 5.91 Å². The van der Waals surface area contributed by atoms with Crippen LogP contribution < -0.4 is 10.6 Å². The second-order valence-electron chi connectivity index (χ2n) is 5.32. The molecule has 92 valence electrons. The fraction of sp³-hybridized carbons (Fsp3) is 0.923. The maximum Gasteiger partial charge on any atom is 0.233 e. The predicted molar refractivity (Wildman–Crippen MR) is 65.2 cm³/mol. The minimum atomic E-state index is 0.177. The van der Waals surface area contributed by atoms with E-state index in [1.54, 1.807) is 0 Å². The highest BCUT2D eigenvalue weighted by Crippen LogP contribution is 2.27. The Morgan fingerprint density at radius 2 is 1.69 bits per heavy atom. The smallest absolute Gasteiger partial charge is 0.233 e. The molecule has 1 amide bonds. The monoisotopic (exact) mass is 224 g/mol. The van der Waals surface area contributed by atoms with Gasteiger partial charge in [-0.25, -0.2) is 0 Å². The van der Waals surface area contributed by atoms with E-state index < -0.39 is 0 Å². The number of carbonyl (C=O) groups is 1. The number of amides is 1. The minimum Gasteiger partial charge on any atom is -0.355 e. The minimum absolute atomic E-state index is 0.177. The SMILES string of the molecule is O=C(CNC1CCCCCC1)NCC1CC1. The standard InChI is InChI=1S/C13H24N2O/c16-13(15-9-11-7-8-11)10-14-12-5-3-1-2-4-6-12/h11-12,14H,1-10H2,(H,15,16). The van der Waals surface area contributed by atoms with Crippen LogP contribution in [0.2, 0.25) is 0 Å². The van der Waals surface area contributed by atoms with Gasteiger partial charge in [-0.3, -0.25) is 4.79 Å². The van der Waals surface area contributed by atoms with E-state index >= 15 is 0 Å². The van der Waals surface area contributed by atoms with Crippen LogP contribution in [-0.2, 0) is 4.79 Å². The van der Waals surface area contributed by atoms with Crippen molar-refractivity contribution >= 4 is 5.91 Å². The molecule has 0 spiro atoms. The molecule has 0 radical (unpaired) electrons. The third-order valence-corrected chi connectivity index (χ3v) is 3.69. The Bertz CT molecular complexity index is 218. The van der Waals surface area contributed by atoms with Gasteiger partial charge in [-0.1, -0.05) is 25.7 Å². The highest BCUT2D eigenvalue weighted by molar-refractivity contribution is 5.78. The predicted octanol–water partition coefficient (Wildman–Crippen LogP) is 1.82. The van der Waals surface area contributed by atoms with Crippen molar-refractivity contribution in [3.05, 3.63) is 0 Å². The van der Waals surface area contributed by atoms with Crippen molar-refractivity contribution in [2.75, 3.05) is 13.1 Å². The zero-order chi connectivity index (χ0) is 11.2. The summed E-state index contributed by atoms with van der Waals surface area (Å²) in [7, 11) is 0. The van der Waals surface area contributed by atoms with Crippen LogP contribution in [0, 0.1) is 5.92 Å². The molecule has 2 fully saturated rings. The number of rotatable bonds is 5. The molecule has 0 atom stereocenters. The maximum absolute atomic E-state index is 11.5. The maximum atomic E-state index is 11.5. The molecular formula is C13H24N2O. The van der Waals surface area contributed by atoms with Crippen molar-refractivity contribution in [2.24, 2.45) is 5.92 Å². The molecule has 16 heavy (non-hydrogen) atoms. The van der Waals surface area contributed by atoms with Crippen molar-refractivity contribution < 1.29 is 4.79 Å². The molecule has 0 aromatic carbocycles. The third-order valence-electron chi connectivity index (χ3n) is 3.69. The number of hydrogen-bond donors (Lipinski definition) is 2. The van der Waals surface area contributed by atoms with E-state index in [1.165, 1.54) is 51.4 Å². The first-order valence-electron chi connectivity index (χ1n) is 6.84. The van der Waals surface area contributed by atoms with E-state index in [4.69, 9.17) is 0 Å². The average molecular weight is 224 g/mol. The Balaban J connectivity index is 1.55. The van der Waals surface area contributed by atoms with Crippen molar-refractivity contribution in [3.63, 3.8) is 0 Å². The lowest BCUT2D eigenvalue weighted by molar-refractivity contribution is -0.120.